The van der Waals surface area contributed by atoms with E-state index in [-0.39, 0.29) is 0 Å². The monoisotopic (exact) mass is 624 g/mol. The average Bonchev–Trinajstić information content (AvgIpc) is 3.15. The Morgan fingerprint density at radius 1 is 0.354 bits per heavy atom. The molecule has 8 aromatic rings. The summed E-state index contributed by atoms with van der Waals surface area (Å²) in [6.07, 6.45) is 0. The van der Waals surface area contributed by atoms with E-state index < -0.39 is 0 Å². The molecule has 0 saturated heterocycles. The smallest absolute Gasteiger partial charge is 0.127 e. The van der Waals surface area contributed by atoms with Crippen molar-refractivity contribution in [2.45, 2.75) is 0 Å². The topological polar surface area (TPSA) is 42.5 Å². The van der Waals surface area contributed by atoms with Gasteiger partial charge in [-0.05, 0) is 67.4 Å². The zero-order valence-electron chi connectivity index (χ0n) is 27.1. The number of hydrogen-bond donors (Lipinski definition) is 2. The molecular weight excluding hydrogens is 588 g/mol. The minimum absolute atomic E-state index is 0.706. The van der Waals surface area contributed by atoms with Crippen molar-refractivity contribution in [1.29, 1.82) is 0 Å². The summed E-state index contributed by atoms with van der Waals surface area (Å²) >= 11 is 0. The van der Waals surface area contributed by atoms with E-state index in [4.69, 9.17) is 9.47 Å². The molecule has 8 rings (SSSR count). The van der Waals surface area contributed by atoms with Crippen LogP contribution in [-0.4, -0.2) is 27.3 Å². The summed E-state index contributed by atoms with van der Waals surface area (Å²) in [4.78, 5) is 0. The minimum atomic E-state index is 0.706. The van der Waals surface area contributed by atoms with E-state index in [1.165, 1.54) is 43.1 Å². The number of rotatable bonds is 9. The van der Waals surface area contributed by atoms with Gasteiger partial charge in [-0.15, -0.1) is 0 Å². The number of fused-ring (bicyclic) bond motifs is 4. The van der Waals surface area contributed by atoms with Gasteiger partial charge in [0.2, 0.25) is 0 Å². The summed E-state index contributed by atoms with van der Waals surface area (Å²) in [5.74, 6) is 1.71. The first-order valence-electron chi connectivity index (χ1n) is 16.4. The summed E-state index contributed by atoms with van der Waals surface area (Å²) in [6, 6.07) is 51.4. The first kappa shape index (κ1) is 29.4. The molecule has 48 heavy (non-hydrogen) atoms. The quantitative estimate of drug-likeness (QED) is 0.157. The Morgan fingerprint density at radius 3 is 1.02 bits per heavy atom. The van der Waals surface area contributed by atoms with E-state index in [1.807, 2.05) is 0 Å². The molecule has 0 unspecified atom stereocenters. The third-order valence-electron chi connectivity index (χ3n) is 9.34. The van der Waals surface area contributed by atoms with Crippen LogP contribution in [0.4, 0.5) is 11.4 Å². The number of hydrogen-bond acceptors (Lipinski definition) is 4. The van der Waals surface area contributed by atoms with Gasteiger partial charge in [0, 0.05) is 46.7 Å². The van der Waals surface area contributed by atoms with E-state index in [2.05, 4.69) is 156 Å². The Morgan fingerprint density at radius 2 is 0.667 bits per heavy atom. The molecule has 0 spiro atoms. The van der Waals surface area contributed by atoms with Crippen molar-refractivity contribution in [2.24, 2.45) is 0 Å². The molecule has 0 radical (unpaired) electrons. The summed E-state index contributed by atoms with van der Waals surface area (Å²) in [5.41, 5.74) is 6.63. The van der Waals surface area contributed by atoms with Crippen LogP contribution in [0.1, 0.15) is 0 Å². The summed E-state index contributed by atoms with van der Waals surface area (Å²) < 4.78 is 12.0. The largest absolute Gasteiger partial charge is 0.496 e. The van der Waals surface area contributed by atoms with Crippen LogP contribution in [0, 0.1) is 0 Å². The standard InChI is InChI=1S/C44H36N2O2/c1-47-39-25-21-31-13-5-9-17-35(31)43(39)41-33-15-7-3-11-29(33)19-23-37(41)45-27-28-46-38-24-20-30-12-4-8-16-34(30)42(38)44-36-18-10-6-14-32(36)22-26-40(44)48-2/h3-26,45-46H,27-28H2,1-2H3. The molecule has 0 aromatic heterocycles. The van der Waals surface area contributed by atoms with Gasteiger partial charge in [-0.3, -0.25) is 0 Å². The zero-order valence-corrected chi connectivity index (χ0v) is 27.1. The second-order valence-corrected chi connectivity index (χ2v) is 12.0. The van der Waals surface area contributed by atoms with Crippen LogP contribution in [0.5, 0.6) is 11.5 Å². The molecule has 234 valence electrons. The molecule has 4 heteroatoms. The van der Waals surface area contributed by atoms with E-state index in [0.717, 1.165) is 45.1 Å². The average molecular weight is 625 g/mol. The third kappa shape index (κ3) is 5.12. The molecule has 0 amide bonds. The van der Waals surface area contributed by atoms with E-state index in [9.17, 15) is 0 Å². The first-order valence-corrected chi connectivity index (χ1v) is 16.4. The molecule has 0 heterocycles. The van der Waals surface area contributed by atoms with E-state index in [1.54, 1.807) is 14.2 Å². The van der Waals surface area contributed by atoms with Gasteiger partial charge in [0.05, 0.1) is 14.2 Å². The maximum atomic E-state index is 5.98. The predicted octanol–water partition coefficient (Wildman–Crippen LogP) is 11.2. The van der Waals surface area contributed by atoms with E-state index >= 15 is 0 Å². The number of nitrogens with one attached hydrogen (secondary N) is 2. The Labute approximate surface area is 280 Å². The lowest BCUT2D eigenvalue weighted by Crippen LogP contribution is -2.15. The second-order valence-electron chi connectivity index (χ2n) is 12.0. The van der Waals surface area contributed by atoms with Crippen molar-refractivity contribution in [3.05, 3.63) is 146 Å². The molecular formula is C44H36N2O2. The third-order valence-corrected chi connectivity index (χ3v) is 9.34. The highest BCUT2D eigenvalue weighted by molar-refractivity contribution is 6.13. The van der Waals surface area contributed by atoms with Gasteiger partial charge in [0.25, 0.3) is 0 Å². The first-order chi connectivity index (χ1) is 23.7. The fraction of sp³-hybridized carbons (Fsp3) is 0.0909. The normalized spacial score (nSPS) is 11.3. The number of methoxy groups -OCH3 is 2. The van der Waals surface area contributed by atoms with Gasteiger partial charge in [0.1, 0.15) is 11.5 Å². The molecule has 0 fully saturated rings. The zero-order chi connectivity index (χ0) is 32.5. The highest BCUT2D eigenvalue weighted by Gasteiger charge is 2.19. The van der Waals surface area contributed by atoms with Gasteiger partial charge in [-0.25, -0.2) is 0 Å². The van der Waals surface area contributed by atoms with Gasteiger partial charge >= 0.3 is 0 Å². The maximum Gasteiger partial charge on any atom is 0.127 e. The Bertz CT molecular complexity index is 2280. The Hall–Kier alpha value is -6.00. The van der Waals surface area contributed by atoms with Crippen molar-refractivity contribution in [2.75, 3.05) is 37.9 Å². The maximum absolute atomic E-state index is 5.98. The lowest BCUT2D eigenvalue weighted by Gasteiger charge is -2.21. The molecule has 0 aliphatic carbocycles. The highest BCUT2D eigenvalue weighted by atomic mass is 16.5. The number of benzene rings is 8. The fourth-order valence-electron chi connectivity index (χ4n) is 7.13. The summed E-state index contributed by atoms with van der Waals surface area (Å²) in [5, 5.41) is 17.0. The molecule has 2 N–H and O–H groups in total. The molecule has 0 aliphatic heterocycles. The van der Waals surface area contributed by atoms with E-state index in [0.29, 0.717) is 13.1 Å². The molecule has 8 aromatic carbocycles. The van der Waals surface area contributed by atoms with Crippen molar-refractivity contribution >= 4 is 54.5 Å². The van der Waals surface area contributed by atoms with Crippen LogP contribution >= 0.6 is 0 Å². The number of anilines is 2. The second kappa shape index (κ2) is 12.7. The van der Waals surface area contributed by atoms with Crippen LogP contribution in [0.15, 0.2) is 146 Å². The molecule has 0 bridgehead atoms. The lowest BCUT2D eigenvalue weighted by molar-refractivity contribution is 0.417. The van der Waals surface area contributed by atoms with Crippen molar-refractivity contribution in [3.8, 4) is 33.8 Å². The van der Waals surface area contributed by atoms with Crippen molar-refractivity contribution in [1.82, 2.24) is 0 Å². The summed E-state index contributed by atoms with van der Waals surface area (Å²) in [6.45, 7) is 1.41. The fourth-order valence-corrected chi connectivity index (χ4v) is 7.13. The molecule has 4 nitrogen and oxygen atoms in total. The van der Waals surface area contributed by atoms with Crippen LogP contribution in [-0.2, 0) is 0 Å². The van der Waals surface area contributed by atoms with Gasteiger partial charge in [-0.1, -0.05) is 121 Å². The van der Waals surface area contributed by atoms with Gasteiger partial charge in [0.15, 0.2) is 0 Å². The van der Waals surface area contributed by atoms with Crippen LogP contribution in [0.2, 0.25) is 0 Å². The molecule has 0 atom stereocenters. The van der Waals surface area contributed by atoms with Crippen LogP contribution in [0.25, 0.3) is 65.3 Å². The number of ether oxygens (including phenoxy) is 2. The Balaban J connectivity index is 1.18. The molecule has 0 saturated carbocycles. The Kier molecular flexibility index (Phi) is 7.75. The van der Waals surface area contributed by atoms with Gasteiger partial charge in [-0.2, -0.15) is 0 Å². The van der Waals surface area contributed by atoms with Crippen molar-refractivity contribution < 1.29 is 9.47 Å². The van der Waals surface area contributed by atoms with Crippen LogP contribution in [0.3, 0.4) is 0 Å². The highest BCUT2D eigenvalue weighted by Crippen LogP contribution is 2.46. The van der Waals surface area contributed by atoms with Crippen LogP contribution < -0.4 is 20.1 Å². The van der Waals surface area contributed by atoms with Gasteiger partial charge < -0.3 is 20.1 Å². The minimum Gasteiger partial charge on any atom is -0.496 e. The molecule has 0 aliphatic rings. The lowest BCUT2D eigenvalue weighted by atomic mass is 9.91. The summed E-state index contributed by atoms with van der Waals surface area (Å²) in [7, 11) is 3.50. The van der Waals surface area contributed by atoms with Crippen molar-refractivity contribution in [3.63, 3.8) is 0 Å². The predicted molar refractivity (Wildman–Crippen MR) is 204 cm³/mol. The SMILES string of the molecule is COc1ccc2ccccc2c1-c1c(NCCNc2ccc3ccccc3c2-c2c(OC)ccc3ccccc23)ccc2ccccc12.